The lowest BCUT2D eigenvalue weighted by molar-refractivity contribution is 0.714. The zero-order valence-electron chi connectivity index (χ0n) is 13.6. The first-order chi connectivity index (χ1) is 10.0. The van der Waals surface area contributed by atoms with Crippen LogP contribution in [-0.2, 0) is 6.54 Å². The molecule has 2 aromatic rings. The second-order valence-corrected chi connectivity index (χ2v) is 6.79. The number of anilines is 1. The Morgan fingerprint density at radius 1 is 1.19 bits per heavy atom. The molecular weight excluding hydrogens is 278 g/mol. The van der Waals surface area contributed by atoms with Crippen LogP contribution >= 0.6 is 11.3 Å². The minimum absolute atomic E-state index is 0.463. The molecule has 21 heavy (non-hydrogen) atoms. The van der Waals surface area contributed by atoms with Crippen LogP contribution in [-0.4, -0.2) is 25.6 Å². The fourth-order valence-electron chi connectivity index (χ4n) is 2.21. The molecule has 114 valence electrons. The van der Waals surface area contributed by atoms with Gasteiger partial charge in [0.1, 0.15) is 5.01 Å². The summed E-state index contributed by atoms with van der Waals surface area (Å²) < 4.78 is 0. The van der Waals surface area contributed by atoms with Gasteiger partial charge in [0.2, 0.25) is 0 Å². The molecule has 4 heteroatoms. The van der Waals surface area contributed by atoms with Crippen molar-refractivity contribution in [2.24, 2.45) is 0 Å². The van der Waals surface area contributed by atoms with Crippen molar-refractivity contribution in [2.75, 3.05) is 25.5 Å². The first-order valence-electron chi connectivity index (χ1n) is 7.51. The molecule has 0 bridgehead atoms. The van der Waals surface area contributed by atoms with Crippen molar-refractivity contribution in [3.05, 3.63) is 34.8 Å². The number of aromatic nitrogens is 1. The van der Waals surface area contributed by atoms with Crippen LogP contribution in [0.25, 0.3) is 10.6 Å². The van der Waals surface area contributed by atoms with Crippen LogP contribution in [0.5, 0.6) is 0 Å². The zero-order valence-corrected chi connectivity index (χ0v) is 14.4. The largest absolute Gasteiger partial charge is 0.378 e. The number of thiazole rings is 1. The summed E-state index contributed by atoms with van der Waals surface area (Å²) >= 11 is 1.81. The molecule has 0 unspecified atom stereocenters. The molecule has 0 amide bonds. The van der Waals surface area contributed by atoms with E-state index in [1.165, 1.54) is 21.8 Å². The Bertz CT molecular complexity index is 570. The van der Waals surface area contributed by atoms with Gasteiger partial charge >= 0.3 is 0 Å². The second-order valence-electron chi connectivity index (χ2n) is 5.70. The highest BCUT2D eigenvalue weighted by Crippen LogP contribution is 2.32. The van der Waals surface area contributed by atoms with Gasteiger partial charge in [-0.3, -0.25) is 0 Å². The summed E-state index contributed by atoms with van der Waals surface area (Å²) in [5.41, 5.74) is 3.65. The van der Waals surface area contributed by atoms with Crippen LogP contribution in [0.2, 0.25) is 0 Å². The number of nitrogens with one attached hydrogen (secondary N) is 1. The van der Waals surface area contributed by atoms with Crippen molar-refractivity contribution in [1.29, 1.82) is 0 Å². The number of nitrogens with zero attached hydrogens (tertiary/aromatic N) is 2. The molecule has 0 radical (unpaired) electrons. The molecule has 1 aromatic carbocycles. The lowest BCUT2D eigenvalue weighted by atomic mass is 10.1. The van der Waals surface area contributed by atoms with Crippen LogP contribution < -0.4 is 10.2 Å². The third kappa shape index (κ3) is 3.83. The smallest absolute Gasteiger partial charge is 0.123 e. The molecular formula is C17H25N3S. The average Bonchev–Trinajstić information content (AvgIpc) is 2.89. The molecule has 1 aromatic heterocycles. The number of benzene rings is 1. The maximum Gasteiger partial charge on any atom is 0.123 e. The van der Waals surface area contributed by atoms with Gasteiger partial charge in [-0.25, -0.2) is 4.98 Å². The van der Waals surface area contributed by atoms with Gasteiger partial charge in [-0.05, 0) is 36.7 Å². The first kappa shape index (κ1) is 16.0. The quantitative estimate of drug-likeness (QED) is 0.870. The van der Waals surface area contributed by atoms with E-state index in [9.17, 15) is 0 Å². The molecule has 0 spiro atoms. The van der Waals surface area contributed by atoms with E-state index in [4.69, 9.17) is 4.98 Å². The maximum atomic E-state index is 4.87. The average molecular weight is 303 g/mol. The van der Waals surface area contributed by atoms with E-state index in [0.29, 0.717) is 5.92 Å². The number of hydrogen-bond donors (Lipinski definition) is 1. The molecule has 1 heterocycles. The third-order valence-electron chi connectivity index (χ3n) is 3.44. The summed E-state index contributed by atoms with van der Waals surface area (Å²) in [6, 6.07) is 8.62. The van der Waals surface area contributed by atoms with E-state index >= 15 is 0 Å². The van der Waals surface area contributed by atoms with Gasteiger partial charge in [-0.15, -0.1) is 11.3 Å². The predicted octanol–water partition coefficient (Wildman–Crippen LogP) is 4.11. The fraction of sp³-hybridized carbons (Fsp3) is 0.471. The lowest BCUT2D eigenvalue weighted by Gasteiger charge is -2.12. The zero-order chi connectivity index (χ0) is 15.4. The number of hydrogen-bond acceptors (Lipinski definition) is 4. The Kier molecular flexibility index (Phi) is 5.37. The van der Waals surface area contributed by atoms with E-state index in [1.54, 1.807) is 0 Å². The van der Waals surface area contributed by atoms with Crippen molar-refractivity contribution in [3.8, 4) is 10.6 Å². The molecule has 0 aliphatic carbocycles. The predicted molar refractivity (Wildman–Crippen MR) is 93.3 cm³/mol. The van der Waals surface area contributed by atoms with Crippen molar-refractivity contribution in [1.82, 2.24) is 10.3 Å². The lowest BCUT2D eigenvalue weighted by Crippen LogP contribution is -2.12. The summed E-state index contributed by atoms with van der Waals surface area (Å²) in [5, 5.41) is 4.53. The Balaban J connectivity index is 2.30. The Morgan fingerprint density at radius 3 is 2.38 bits per heavy atom. The second kappa shape index (κ2) is 7.05. The van der Waals surface area contributed by atoms with Crippen LogP contribution in [0.4, 0.5) is 5.69 Å². The monoisotopic (exact) mass is 303 g/mol. The SMILES string of the molecule is CCNCc1sc(-c2ccc(N(C)C)cc2)nc1C(C)C. The van der Waals surface area contributed by atoms with Gasteiger partial charge in [0.05, 0.1) is 5.69 Å². The van der Waals surface area contributed by atoms with E-state index in [0.717, 1.165) is 18.1 Å². The number of rotatable bonds is 6. The van der Waals surface area contributed by atoms with Crippen LogP contribution in [0.1, 0.15) is 37.3 Å². The molecule has 3 nitrogen and oxygen atoms in total. The van der Waals surface area contributed by atoms with Gasteiger partial charge < -0.3 is 10.2 Å². The molecule has 0 aliphatic heterocycles. The van der Waals surface area contributed by atoms with Crippen LogP contribution in [0.3, 0.4) is 0 Å². The van der Waals surface area contributed by atoms with Crippen molar-refractivity contribution < 1.29 is 0 Å². The minimum atomic E-state index is 0.463. The van der Waals surface area contributed by atoms with E-state index in [-0.39, 0.29) is 0 Å². The molecule has 2 rings (SSSR count). The molecule has 0 aliphatic rings. The van der Waals surface area contributed by atoms with Gasteiger partial charge in [-0.2, -0.15) is 0 Å². The third-order valence-corrected chi connectivity index (χ3v) is 4.56. The minimum Gasteiger partial charge on any atom is -0.378 e. The summed E-state index contributed by atoms with van der Waals surface area (Å²) in [7, 11) is 4.12. The van der Waals surface area contributed by atoms with Gasteiger partial charge in [-0.1, -0.05) is 20.8 Å². The highest BCUT2D eigenvalue weighted by molar-refractivity contribution is 7.15. The van der Waals surface area contributed by atoms with Crippen LogP contribution in [0, 0.1) is 0 Å². The van der Waals surface area contributed by atoms with Crippen LogP contribution in [0.15, 0.2) is 24.3 Å². The van der Waals surface area contributed by atoms with Crippen molar-refractivity contribution >= 4 is 17.0 Å². The van der Waals surface area contributed by atoms with Crippen molar-refractivity contribution in [3.63, 3.8) is 0 Å². The summed E-state index contributed by atoms with van der Waals surface area (Å²) in [6.45, 7) is 8.46. The molecule has 0 saturated carbocycles. The van der Waals surface area contributed by atoms with Gasteiger partial charge in [0.25, 0.3) is 0 Å². The topological polar surface area (TPSA) is 28.2 Å². The summed E-state index contributed by atoms with van der Waals surface area (Å²) in [5.74, 6) is 0.463. The standard InChI is InChI=1S/C17H25N3S/c1-6-18-11-15-16(12(2)3)19-17(21-15)13-7-9-14(10-8-13)20(4)5/h7-10,12,18H,6,11H2,1-5H3. The van der Waals surface area contributed by atoms with Gasteiger partial charge in [0, 0.05) is 36.8 Å². The Hall–Kier alpha value is -1.39. The molecule has 0 fully saturated rings. The van der Waals surface area contributed by atoms with Gasteiger partial charge in [0.15, 0.2) is 0 Å². The highest BCUT2D eigenvalue weighted by Gasteiger charge is 2.15. The fourth-order valence-corrected chi connectivity index (χ4v) is 3.40. The van der Waals surface area contributed by atoms with Crippen molar-refractivity contribution in [2.45, 2.75) is 33.2 Å². The maximum absolute atomic E-state index is 4.87. The van der Waals surface area contributed by atoms with E-state index in [1.807, 2.05) is 11.3 Å². The summed E-state index contributed by atoms with van der Waals surface area (Å²) in [6.07, 6.45) is 0. The molecule has 0 atom stereocenters. The molecule has 1 N–H and O–H groups in total. The summed E-state index contributed by atoms with van der Waals surface area (Å²) in [4.78, 5) is 8.34. The Labute approximate surface area is 132 Å². The highest BCUT2D eigenvalue weighted by atomic mass is 32.1. The Morgan fingerprint density at radius 2 is 1.86 bits per heavy atom. The first-order valence-corrected chi connectivity index (χ1v) is 8.32. The van der Waals surface area contributed by atoms with E-state index < -0.39 is 0 Å². The van der Waals surface area contributed by atoms with E-state index in [2.05, 4.69) is 69.3 Å². The normalized spacial score (nSPS) is 11.1. The molecule has 0 saturated heterocycles.